The van der Waals surface area contributed by atoms with Gasteiger partial charge in [-0.25, -0.2) is 9.97 Å². The minimum Gasteiger partial charge on any atom is -0.396 e. The van der Waals surface area contributed by atoms with Gasteiger partial charge in [-0.2, -0.15) is 0 Å². The molecule has 1 aliphatic rings. The first-order valence-corrected chi connectivity index (χ1v) is 10.2. The Kier molecular flexibility index (Phi) is 5.94. The second-order valence-electron chi connectivity index (χ2n) is 6.87. The lowest BCUT2D eigenvalue weighted by atomic mass is 10.1. The van der Waals surface area contributed by atoms with E-state index < -0.39 is 0 Å². The third-order valence-electron chi connectivity index (χ3n) is 5.08. The van der Waals surface area contributed by atoms with Crippen LogP contribution >= 0.6 is 11.3 Å². The van der Waals surface area contributed by atoms with Crippen LogP contribution in [-0.4, -0.2) is 61.7 Å². The van der Waals surface area contributed by atoms with E-state index >= 15 is 0 Å². The molecule has 1 atom stereocenters. The Morgan fingerprint density at radius 2 is 1.96 bits per heavy atom. The largest absolute Gasteiger partial charge is 0.396 e. The van der Waals surface area contributed by atoms with Crippen LogP contribution in [0.2, 0.25) is 0 Å². The van der Waals surface area contributed by atoms with E-state index in [9.17, 15) is 5.11 Å². The van der Waals surface area contributed by atoms with E-state index in [0.717, 1.165) is 39.1 Å². The zero-order valence-electron chi connectivity index (χ0n) is 15.3. The molecule has 4 heterocycles. The Labute approximate surface area is 163 Å². The van der Waals surface area contributed by atoms with Crippen LogP contribution in [0, 0.1) is 0 Å². The van der Waals surface area contributed by atoms with E-state index in [1.807, 2.05) is 18.3 Å². The average molecular weight is 384 g/mol. The van der Waals surface area contributed by atoms with Crippen molar-refractivity contribution < 1.29 is 5.11 Å². The van der Waals surface area contributed by atoms with Crippen LogP contribution in [0.15, 0.2) is 54.3 Å². The molecular weight excluding hydrogens is 358 g/mol. The number of aromatic nitrogens is 3. The molecule has 0 saturated carbocycles. The lowest BCUT2D eigenvalue weighted by Crippen LogP contribution is -2.52. The van der Waals surface area contributed by atoms with Crippen LogP contribution in [0.1, 0.15) is 17.0 Å². The van der Waals surface area contributed by atoms with Crippen molar-refractivity contribution in [2.45, 2.75) is 25.6 Å². The summed E-state index contributed by atoms with van der Waals surface area (Å²) in [5, 5.41) is 11.7. The molecule has 7 heteroatoms. The van der Waals surface area contributed by atoms with Crippen molar-refractivity contribution in [1.29, 1.82) is 0 Å². The average Bonchev–Trinajstić information content (AvgIpc) is 3.37. The summed E-state index contributed by atoms with van der Waals surface area (Å²) in [6, 6.07) is 10.7. The smallest absolute Gasteiger partial charge is 0.233 e. The molecule has 1 aliphatic heterocycles. The molecule has 0 spiro atoms. The number of piperazine rings is 1. The fourth-order valence-electron chi connectivity index (χ4n) is 3.72. The van der Waals surface area contributed by atoms with Gasteiger partial charge in [0.1, 0.15) is 0 Å². The highest BCUT2D eigenvalue weighted by Crippen LogP contribution is 2.21. The maximum atomic E-state index is 9.53. The second kappa shape index (κ2) is 8.75. The Morgan fingerprint density at radius 3 is 2.74 bits per heavy atom. The fourth-order valence-corrected chi connectivity index (χ4v) is 4.45. The monoisotopic (exact) mass is 383 g/mol. The molecule has 0 amide bonds. The summed E-state index contributed by atoms with van der Waals surface area (Å²) in [6.45, 7) is 5.07. The molecule has 4 rings (SSSR count). The zero-order chi connectivity index (χ0) is 18.5. The van der Waals surface area contributed by atoms with Gasteiger partial charge in [0.05, 0.1) is 0 Å². The molecule has 1 saturated heterocycles. The molecule has 142 valence electrons. The highest BCUT2D eigenvalue weighted by Gasteiger charge is 2.27. The van der Waals surface area contributed by atoms with Crippen molar-refractivity contribution in [3.63, 3.8) is 0 Å². The van der Waals surface area contributed by atoms with Gasteiger partial charge in [-0.1, -0.05) is 6.07 Å². The van der Waals surface area contributed by atoms with Crippen LogP contribution in [0.3, 0.4) is 0 Å². The Hall–Kier alpha value is -2.06. The first-order chi connectivity index (χ1) is 13.3. The summed E-state index contributed by atoms with van der Waals surface area (Å²) in [6.07, 6.45) is 6.37. The van der Waals surface area contributed by atoms with Gasteiger partial charge in [-0.3, -0.25) is 14.4 Å². The quantitative estimate of drug-likeness (QED) is 0.679. The molecule has 0 radical (unpaired) electrons. The van der Waals surface area contributed by atoms with Crippen LogP contribution < -0.4 is 0 Å². The molecule has 6 nitrogen and oxygen atoms in total. The lowest BCUT2D eigenvalue weighted by Gasteiger charge is -2.41. The minimum absolute atomic E-state index is 0.230. The summed E-state index contributed by atoms with van der Waals surface area (Å²) >= 11 is 1.81. The molecule has 1 unspecified atom stereocenters. The van der Waals surface area contributed by atoms with Gasteiger partial charge in [0.15, 0.2) is 0 Å². The first-order valence-electron chi connectivity index (χ1n) is 9.37. The van der Waals surface area contributed by atoms with Crippen LogP contribution in [-0.2, 0) is 13.1 Å². The zero-order valence-corrected chi connectivity index (χ0v) is 16.1. The van der Waals surface area contributed by atoms with Crippen molar-refractivity contribution in [2.75, 3.05) is 26.2 Å². The lowest BCUT2D eigenvalue weighted by molar-refractivity contribution is 0.0498. The standard InChI is InChI=1S/C20H25N5OS/c26-12-6-17-14-23(10-11-24(17)16-19-5-2-13-27-19)15-18-4-1-9-25(18)20-21-7-3-8-22-20/h1-5,7-9,13,17,26H,6,10-12,14-16H2. The molecule has 3 aromatic rings. The highest BCUT2D eigenvalue weighted by atomic mass is 32.1. The summed E-state index contributed by atoms with van der Waals surface area (Å²) in [5.41, 5.74) is 1.19. The van der Waals surface area contributed by atoms with Gasteiger partial charge < -0.3 is 5.11 Å². The maximum absolute atomic E-state index is 9.53. The van der Waals surface area contributed by atoms with Crippen molar-refractivity contribution in [2.24, 2.45) is 0 Å². The van der Waals surface area contributed by atoms with Gasteiger partial charge in [-0.15, -0.1) is 11.3 Å². The van der Waals surface area contributed by atoms with E-state index in [4.69, 9.17) is 0 Å². The van der Waals surface area contributed by atoms with E-state index in [1.54, 1.807) is 23.7 Å². The topological polar surface area (TPSA) is 57.4 Å². The summed E-state index contributed by atoms with van der Waals surface area (Å²) < 4.78 is 2.05. The third-order valence-corrected chi connectivity index (χ3v) is 5.94. The molecule has 0 aliphatic carbocycles. The molecule has 0 aromatic carbocycles. The van der Waals surface area contributed by atoms with Crippen molar-refractivity contribution >= 4 is 11.3 Å². The molecule has 3 aromatic heterocycles. The van der Waals surface area contributed by atoms with Crippen molar-refractivity contribution in [1.82, 2.24) is 24.3 Å². The van der Waals surface area contributed by atoms with E-state index in [1.165, 1.54) is 10.6 Å². The van der Waals surface area contributed by atoms with Gasteiger partial charge in [-0.05, 0) is 36.1 Å². The summed E-state index contributed by atoms with van der Waals surface area (Å²) in [4.78, 5) is 15.1. The number of thiophene rings is 1. The minimum atomic E-state index is 0.230. The van der Waals surface area contributed by atoms with E-state index in [0.29, 0.717) is 12.0 Å². The number of nitrogens with zero attached hydrogens (tertiary/aromatic N) is 5. The van der Waals surface area contributed by atoms with Crippen molar-refractivity contribution in [3.8, 4) is 5.95 Å². The van der Waals surface area contributed by atoms with Crippen LogP contribution in [0.5, 0.6) is 0 Å². The SMILES string of the molecule is OCCC1CN(Cc2cccn2-c2ncccn2)CCN1Cc1cccs1. The fraction of sp³-hybridized carbons (Fsp3) is 0.400. The number of aliphatic hydroxyl groups is 1. The second-order valence-corrected chi connectivity index (χ2v) is 7.90. The van der Waals surface area contributed by atoms with E-state index in [2.05, 4.69) is 47.9 Å². The Bertz CT molecular complexity index is 820. The third kappa shape index (κ3) is 4.44. The Morgan fingerprint density at radius 1 is 1.07 bits per heavy atom. The maximum Gasteiger partial charge on any atom is 0.233 e. The van der Waals surface area contributed by atoms with E-state index in [-0.39, 0.29) is 6.61 Å². The van der Waals surface area contributed by atoms with Gasteiger partial charge >= 0.3 is 0 Å². The molecule has 0 bridgehead atoms. The molecule has 1 fully saturated rings. The van der Waals surface area contributed by atoms with Gasteiger partial charge in [0, 0.05) is 74.5 Å². The van der Waals surface area contributed by atoms with Crippen LogP contribution in [0.25, 0.3) is 5.95 Å². The number of rotatable bonds is 7. The normalized spacial score (nSPS) is 18.8. The predicted octanol–water partition coefficient (Wildman–Crippen LogP) is 2.40. The molecule has 1 N–H and O–H groups in total. The van der Waals surface area contributed by atoms with Gasteiger partial charge in [0.2, 0.25) is 5.95 Å². The van der Waals surface area contributed by atoms with Crippen molar-refractivity contribution in [3.05, 3.63) is 64.9 Å². The first kappa shape index (κ1) is 18.3. The highest BCUT2D eigenvalue weighted by molar-refractivity contribution is 7.09. The Balaban J connectivity index is 1.43. The van der Waals surface area contributed by atoms with Gasteiger partial charge in [0.25, 0.3) is 0 Å². The van der Waals surface area contributed by atoms with Crippen LogP contribution in [0.4, 0.5) is 0 Å². The summed E-state index contributed by atoms with van der Waals surface area (Å²) in [7, 11) is 0. The number of aliphatic hydroxyl groups excluding tert-OH is 1. The summed E-state index contributed by atoms with van der Waals surface area (Å²) in [5.74, 6) is 0.709. The predicted molar refractivity (Wildman–Crippen MR) is 107 cm³/mol. The number of hydrogen-bond acceptors (Lipinski definition) is 6. The molecule has 27 heavy (non-hydrogen) atoms. The number of hydrogen-bond donors (Lipinski definition) is 1. The molecular formula is C20H25N5OS.